The maximum atomic E-state index is 14.1. The summed E-state index contributed by atoms with van der Waals surface area (Å²) in [5, 5.41) is 0. The summed E-state index contributed by atoms with van der Waals surface area (Å²) in [5.41, 5.74) is -0.0641. The normalized spacial score (nSPS) is 41.3. The zero-order valence-electron chi connectivity index (χ0n) is 57.3. The summed E-state index contributed by atoms with van der Waals surface area (Å²) in [5.74, 6) is -8.23. The Kier molecular flexibility index (Phi) is 21.8. The van der Waals surface area contributed by atoms with E-state index in [2.05, 4.69) is 61.5 Å². The van der Waals surface area contributed by atoms with Gasteiger partial charge in [0.25, 0.3) is 0 Å². The molecule has 0 aromatic heterocycles. The predicted molar refractivity (Wildman–Crippen MR) is 319 cm³/mol. The molecule has 3 heterocycles. The second-order valence-corrected chi connectivity index (χ2v) is 29.2. The van der Waals surface area contributed by atoms with Crippen LogP contribution in [0.1, 0.15) is 182 Å². The van der Waals surface area contributed by atoms with E-state index in [0.29, 0.717) is 12.8 Å². The topological polar surface area (TPSA) is 318 Å². The number of fused-ring (bicyclic) bond motifs is 7. The van der Waals surface area contributed by atoms with E-state index < -0.39 is 164 Å². The van der Waals surface area contributed by atoms with Crippen LogP contribution in [0.5, 0.6) is 0 Å². The second kappa shape index (κ2) is 27.7. The molecule has 26 heteroatoms. The molecule has 8 aliphatic rings. The van der Waals surface area contributed by atoms with E-state index in [9.17, 15) is 47.9 Å². The third-order valence-electron chi connectivity index (χ3n) is 22.0. The van der Waals surface area contributed by atoms with Gasteiger partial charge in [0, 0.05) is 67.7 Å². The summed E-state index contributed by atoms with van der Waals surface area (Å²) >= 11 is 0. The minimum atomic E-state index is -2.06. The lowest BCUT2D eigenvalue weighted by molar-refractivity contribution is -0.396. The molecule has 522 valence electrons. The predicted octanol–water partition coefficient (Wildman–Crippen LogP) is 6.96. The van der Waals surface area contributed by atoms with Crippen LogP contribution in [0.4, 0.5) is 0 Å². The molecule has 0 N–H and O–H groups in total. The molecule has 26 nitrogen and oxygen atoms in total. The fraction of sp³-hybridized carbons (Fsp3) is 0.821. The second-order valence-electron chi connectivity index (χ2n) is 29.2. The van der Waals surface area contributed by atoms with E-state index in [1.165, 1.54) is 19.4 Å². The number of hydrogen-bond acceptors (Lipinski definition) is 26. The van der Waals surface area contributed by atoms with Crippen molar-refractivity contribution in [3.63, 3.8) is 0 Å². The van der Waals surface area contributed by atoms with Crippen LogP contribution >= 0.6 is 0 Å². The Morgan fingerprint density at radius 2 is 0.946 bits per heavy atom. The molecule has 5 aliphatic carbocycles. The van der Waals surface area contributed by atoms with Gasteiger partial charge in [-0.05, 0) is 110 Å². The van der Waals surface area contributed by atoms with Gasteiger partial charge >= 0.3 is 59.7 Å². The van der Waals surface area contributed by atoms with Gasteiger partial charge in [-0.25, -0.2) is 4.79 Å². The monoisotopic (exact) mass is 1320 g/mol. The van der Waals surface area contributed by atoms with Crippen LogP contribution in [-0.2, 0) is 124 Å². The molecule has 7 fully saturated rings. The van der Waals surface area contributed by atoms with Crippen molar-refractivity contribution < 1.29 is 124 Å². The van der Waals surface area contributed by atoms with Crippen molar-refractivity contribution in [1.29, 1.82) is 0 Å². The number of hydrogen-bond donors (Lipinski definition) is 0. The minimum Gasteiger partial charge on any atom is -0.467 e. The molecule has 0 unspecified atom stereocenters. The zero-order valence-corrected chi connectivity index (χ0v) is 57.3. The van der Waals surface area contributed by atoms with Gasteiger partial charge in [0.1, 0.15) is 18.8 Å². The summed E-state index contributed by atoms with van der Waals surface area (Å²) in [4.78, 5) is 131. The average molecular weight is 1320 g/mol. The summed E-state index contributed by atoms with van der Waals surface area (Å²) in [6.07, 6.45) is -17.5. The van der Waals surface area contributed by atoms with E-state index in [0.717, 1.165) is 107 Å². The number of rotatable bonds is 17. The van der Waals surface area contributed by atoms with Gasteiger partial charge in [-0.2, -0.15) is 0 Å². The summed E-state index contributed by atoms with van der Waals surface area (Å²) in [6, 6.07) is 0. The number of ether oxygens (including phenoxy) is 16. The van der Waals surface area contributed by atoms with Crippen molar-refractivity contribution in [2.75, 3.05) is 13.7 Å². The Labute approximate surface area is 544 Å². The van der Waals surface area contributed by atoms with Crippen molar-refractivity contribution in [1.82, 2.24) is 0 Å². The van der Waals surface area contributed by atoms with E-state index in [4.69, 9.17) is 75.8 Å². The van der Waals surface area contributed by atoms with Gasteiger partial charge < -0.3 is 75.8 Å². The lowest BCUT2D eigenvalue weighted by atomic mass is 9.33. The third-order valence-corrected chi connectivity index (χ3v) is 22.0. The Balaban J connectivity index is 1.22. The van der Waals surface area contributed by atoms with E-state index >= 15 is 0 Å². The van der Waals surface area contributed by atoms with Gasteiger partial charge in [0.15, 0.2) is 79.9 Å². The highest BCUT2D eigenvalue weighted by atomic mass is 16.8. The molecule has 4 saturated carbocycles. The number of carbonyl (C=O) groups excluding carboxylic acids is 10. The van der Waals surface area contributed by atoms with Gasteiger partial charge in [-0.1, -0.05) is 67.0 Å². The first-order chi connectivity index (χ1) is 43.2. The largest absolute Gasteiger partial charge is 0.467 e. The SMILES string of the molecule is COC(=O)[C@H]1O[C@@H](O[C@H]2CC[C@]3(C)[C@H]4CC=C5[C@@H]6CC(C)(C)C[C@@H](OC(C)=O)[C@]6(C)CC[C@@]5(C)[C@]4(C)CC[C@H]3C2(C)C)[C@H](O[C@@H]2O[C@H](COC(C)=O)[C@H](OC(C)=O)[C@H](OC(C)=O)[C@H]2O[C@@H]2O[C@@H](C)[C@H](OC(C)=O)[C@@H](OC(C)=O)[C@H]2OC(C)=O)[C@@H](OC(C)=O)[C@@H]1OC(C)=O. The summed E-state index contributed by atoms with van der Waals surface area (Å²) < 4.78 is 98.0. The Morgan fingerprint density at radius 3 is 1.48 bits per heavy atom. The molecule has 24 atom stereocenters. The fourth-order valence-corrected chi connectivity index (χ4v) is 17.9. The lowest BCUT2D eigenvalue weighted by Gasteiger charge is -2.71. The molecular weight excluding hydrogens is 1220 g/mol. The Morgan fingerprint density at radius 1 is 0.462 bits per heavy atom. The highest BCUT2D eigenvalue weighted by Gasteiger charge is 2.70. The van der Waals surface area contributed by atoms with Crippen LogP contribution in [0.3, 0.4) is 0 Å². The highest BCUT2D eigenvalue weighted by molar-refractivity contribution is 5.77. The van der Waals surface area contributed by atoms with Crippen molar-refractivity contribution in [2.45, 2.75) is 287 Å². The van der Waals surface area contributed by atoms with Gasteiger partial charge in [-0.3, -0.25) is 43.2 Å². The van der Waals surface area contributed by atoms with Crippen LogP contribution < -0.4 is 0 Å². The Bertz CT molecular complexity index is 2900. The molecule has 0 bridgehead atoms. The van der Waals surface area contributed by atoms with Gasteiger partial charge in [-0.15, -0.1) is 0 Å². The molecule has 0 aromatic carbocycles. The minimum absolute atomic E-state index is 0.0112. The van der Waals surface area contributed by atoms with Gasteiger partial charge in [0.2, 0.25) is 0 Å². The van der Waals surface area contributed by atoms with Crippen molar-refractivity contribution in [3.8, 4) is 0 Å². The summed E-state index contributed by atoms with van der Waals surface area (Å²) in [6.45, 7) is 29.2. The molecule has 0 aromatic rings. The number of methoxy groups -OCH3 is 1. The quantitative estimate of drug-likeness (QED) is 0.0615. The standard InChI is InChI=1S/C67H98O26/c1-31-48(82-34(4)70)50(84-36(6)72)55(88-40(10)76)59(80-31)92-56-51(85-37(7)73)49(83-35(5)71)43(30-79-32(2)68)89-60(56)93-57-53(87-39(9)75)52(86-38(8)74)54(58(77)78-19)91-61(57)90-46-23-24-65(16)44(63(46,13)14)22-25-67(18)45(65)21-20-41-42-28-62(11,12)29-47(81-33(3)69)64(42,15)26-27-66(41,67)17/h20,31,42-57,59-61H,21-30H2,1-19H3/t31-,42-,43+,44-,45+,46-,47+,48-,49-,50+,51-,52-,53-,54-,55+,56+,57+,59-,60-,61+,64+,65-,66+,67+/m0/s1. The summed E-state index contributed by atoms with van der Waals surface area (Å²) in [7, 11) is 1.08. The van der Waals surface area contributed by atoms with Crippen LogP contribution in [0, 0.1) is 50.2 Å². The van der Waals surface area contributed by atoms with E-state index in [1.54, 1.807) is 0 Å². The molecule has 3 saturated heterocycles. The van der Waals surface area contributed by atoms with Gasteiger partial charge in [0.05, 0.1) is 19.3 Å². The molecule has 0 spiro atoms. The van der Waals surface area contributed by atoms with Crippen LogP contribution in [0.25, 0.3) is 0 Å². The number of esters is 10. The first-order valence-corrected chi connectivity index (χ1v) is 32.4. The van der Waals surface area contributed by atoms with Crippen molar-refractivity contribution in [3.05, 3.63) is 11.6 Å². The number of allylic oxidation sites excluding steroid dienone is 2. The molecule has 93 heavy (non-hydrogen) atoms. The van der Waals surface area contributed by atoms with Crippen molar-refractivity contribution >= 4 is 59.7 Å². The van der Waals surface area contributed by atoms with E-state index in [-0.39, 0.29) is 56.9 Å². The lowest BCUT2D eigenvalue weighted by Crippen LogP contribution is -2.69. The smallest absolute Gasteiger partial charge is 0.339 e. The highest BCUT2D eigenvalue weighted by Crippen LogP contribution is 2.76. The number of carbonyl (C=O) groups is 10. The molecular formula is C67H98O26. The molecule has 0 radical (unpaired) electrons. The zero-order chi connectivity index (χ0) is 69.0. The fourth-order valence-electron chi connectivity index (χ4n) is 17.9. The maximum Gasteiger partial charge on any atom is 0.339 e. The van der Waals surface area contributed by atoms with Crippen LogP contribution in [0.2, 0.25) is 0 Å². The molecule has 0 amide bonds. The van der Waals surface area contributed by atoms with Crippen LogP contribution in [0.15, 0.2) is 11.6 Å². The maximum absolute atomic E-state index is 14.1. The van der Waals surface area contributed by atoms with Crippen molar-refractivity contribution in [2.24, 2.45) is 50.2 Å². The van der Waals surface area contributed by atoms with E-state index in [1.807, 2.05) is 0 Å². The molecule has 3 aliphatic heterocycles. The van der Waals surface area contributed by atoms with Crippen LogP contribution in [-0.4, -0.2) is 178 Å². The first-order valence-electron chi connectivity index (χ1n) is 32.4. The third kappa shape index (κ3) is 14.7. The Hall–Kier alpha value is -5.80. The molecule has 8 rings (SSSR count). The first kappa shape index (κ1) is 73.0. The average Bonchev–Trinajstić information content (AvgIpc) is 0.678.